The second-order valence-electron chi connectivity index (χ2n) is 9.78. The van der Waals surface area contributed by atoms with Crippen LogP contribution < -0.4 is 10.2 Å². The minimum absolute atomic E-state index is 0.00957. The molecule has 1 saturated heterocycles. The number of ether oxygens (including phenoxy) is 1. The van der Waals surface area contributed by atoms with Crippen molar-refractivity contribution in [1.29, 1.82) is 5.26 Å². The Labute approximate surface area is 211 Å². The van der Waals surface area contributed by atoms with Crippen molar-refractivity contribution in [3.63, 3.8) is 0 Å². The van der Waals surface area contributed by atoms with Gasteiger partial charge >= 0.3 is 6.09 Å². The highest BCUT2D eigenvalue weighted by Gasteiger charge is 2.31. The number of carbonyl (C=O) groups excluding carboxylic acids is 1. The molecule has 0 aliphatic carbocycles. The smallest absolute Gasteiger partial charge is 0.408 e. The normalized spacial score (nSPS) is 15.7. The second kappa shape index (κ2) is 11.2. The van der Waals surface area contributed by atoms with Gasteiger partial charge in [-0.25, -0.2) is 14.2 Å². The maximum absolute atomic E-state index is 14.8. The van der Waals surface area contributed by atoms with Gasteiger partial charge in [0.05, 0.1) is 24.5 Å². The number of nitrogens with zero attached hydrogens (tertiary/aromatic N) is 3. The van der Waals surface area contributed by atoms with E-state index in [1.54, 1.807) is 32.9 Å². The van der Waals surface area contributed by atoms with Crippen molar-refractivity contribution >= 4 is 22.0 Å². The van der Waals surface area contributed by atoms with Gasteiger partial charge in [-0.05, 0) is 63.3 Å². The Morgan fingerprint density at radius 2 is 1.97 bits per heavy atom. The fourth-order valence-corrected chi connectivity index (χ4v) is 4.39. The first-order valence-corrected chi connectivity index (χ1v) is 13.4. The van der Waals surface area contributed by atoms with Crippen LogP contribution in [-0.4, -0.2) is 44.4 Å². The minimum atomic E-state index is -3.71. The van der Waals surface area contributed by atoms with Crippen LogP contribution >= 0.6 is 0 Å². The van der Waals surface area contributed by atoms with Gasteiger partial charge in [-0.15, -0.1) is 0 Å². The lowest BCUT2D eigenvalue weighted by atomic mass is 9.85. The number of piperidine rings is 1. The number of benzene rings is 1. The van der Waals surface area contributed by atoms with E-state index in [2.05, 4.69) is 21.3 Å². The Balaban J connectivity index is 1.78. The van der Waals surface area contributed by atoms with Gasteiger partial charge in [-0.2, -0.15) is 13.7 Å². The van der Waals surface area contributed by atoms with Gasteiger partial charge < -0.3 is 15.0 Å². The topological polar surface area (TPSA) is 122 Å². The number of anilines is 1. The van der Waals surface area contributed by atoms with E-state index in [0.717, 1.165) is 12.1 Å². The van der Waals surface area contributed by atoms with Gasteiger partial charge in [0.2, 0.25) is 0 Å². The van der Waals surface area contributed by atoms with E-state index in [0.29, 0.717) is 37.1 Å². The molecular formula is C25H31FN4O5S. The monoisotopic (exact) mass is 518 g/mol. The number of halogens is 1. The highest BCUT2D eigenvalue weighted by atomic mass is 32.2. The molecule has 1 N–H and O–H groups in total. The van der Waals surface area contributed by atoms with Crippen LogP contribution in [0, 0.1) is 23.1 Å². The number of nitriles is 1. The molecular weight excluding hydrogens is 487 g/mol. The molecule has 1 unspecified atom stereocenters. The maximum atomic E-state index is 14.8. The molecule has 0 radical (unpaired) electrons. The Kier molecular flexibility index (Phi) is 8.53. The van der Waals surface area contributed by atoms with Gasteiger partial charge in [0.1, 0.15) is 23.3 Å². The summed E-state index contributed by atoms with van der Waals surface area (Å²) in [5.74, 6) is 0.140. The van der Waals surface area contributed by atoms with Gasteiger partial charge in [-0.3, -0.25) is 4.18 Å². The lowest BCUT2D eigenvalue weighted by molar-refractivity contribution is 0.0478. The molecule has 0 spiro atoms. The largest absolute Gasteiger partial charge is 0.444 e. The standard InChI is InChI=1S/C25H31FN4O5S/c1-25(2,3)35-24(31)29-23(19-6-7-20(21(26)13-19)16-34-36(4,32)33)18-9-11-30(12-10-18)22-8-5-17(14-27)15-28-22/h5-8,13,15,18,23H,9-12,16H2,1-4H3,(H,29,31). The highest BCUT2D eigenvalue weighted by Crippen LogP contribution is 2.33. The van der Waals surface area contributed by atoms with Crippen molar-refractivity contribution in [3.05, 3.63) is 59.0 Å². The fraction of sp³-hybridized carbons (Fsp3) is 0.480. The van der Waals surface area contributed by atoms with Crippen LogP contribution in [0.4, 0.5) is 15.0 Å². The summed E-state index contributed by atoms with van der Waals surface area (Å²) < 4.78 is 47.5. The molecule has 36 heavy (non-hydrogen) atoms. The van der Waals surface area contributed by atoms with Crippen molar-refractivity contribution in [2.45, 2.75) is 51.9 Å². The van der Waals surface area contributed by atoms with Crippen molar-refractivity contribution in [2.24, 2.45) is 5.92 Å². The van der Waals surface area contributed by atoms with Gasteiger partial charge in [0.25, 0.3) is 10.1 Å². The number of pyridine rings is 1. The lowest BCUT2D eigenvalue weighted by Crippen LogP contribution is -2.42. The molecule has 1 amide bonds. The molecule has 3 rings (SSSR count). The number of hydrogen-bond acceptors (Lipinski definition) is 8. The predicted molar refractivity (Wildman–Crippen MR) is 132 cm³/mol. The van der Waals surface area contributed by atoms with E-state index >= 15 is 0 Å². The molecule has 1 aromatic heterocycles. The fourth-order valence-electron chi connectivity index (χ4n) is 4.05. The summed E-state index contributed by atoms with van der Waals surface area (Å²) in [7, 11) is -3.71. The van der Waals surface area contributed by atoms with Crippen LogP contribution in [-0.2, 0) is 25.6 Å². The first-order valence-electron chi connectivity index (χ1n) is 11.6. The molecule has 1 aliphatic rings. The molecule has 11 heteroatoms. The van der Waals surface area contributed by atoms with Crippen molar-refractivity contribution in [1.82, 2.24) is 10.3 Å². The van der Waals surface area contributed by atoms with E-state index in [-0.39, 0.29) is 11.5 Å². The third kappa shape index (κ3) is 7.90. The minimum Gasteiger partial charge on any atom is -0.444 e. The SMILES string of the molecule is CC(C)(C)OC(=O)NC(c1ccc(COS(C)(=O)=O)c(F)c1)C1CCN(c2ccc(C#N)cn2)CC1. The molecule has 9 nitrogen and oxygen atoms in total. The van der Waals surface area contributed by atoms with E-state index in [1.807, 2.05) is 6.07 Å². The number of alkyl carbamates (subject to hydrolysis) is 1. The molecule has 1 aromatic carbocycles. The van der Waals surface area contributed by atoms with Gasteiger partial charge in [-0.1, -0.05) is 12.1 Å². The third-order valence-electron chi connectivity index (χ3n) is 5.75. The molecule has 0 saturated carbocycles. The van der Waals surface area contributed by atoms with E-state index in [4.69, 9.17) is 14.2 Å². The van der Waals surface area contributed by atoms with E-state index < -0.39 is 40.3 Å². The molecule has 194 valence electrons. The summed E-state index contributed by atoms with van der Waals surface area (Å²) in [6, 6.07) is 9.50. The van der Waals surface area contributed by atoms with Crippen molar-refractivity contribution in [3.8, 4) is 6.07 Å². The Morgan fingerprint density at radius 3 is 2.50 bits per heavy atom. The maximum Gasteiger partial charge on any atom is 0.408 e. The summed E-state index contributed by atoms with van der Waals surface area (Å²) in [5.41, 5.74) is 0.443. The molecule has 1 aliphatic heterocycles. The van der Waals surface area contributed by atoms with Crippen LogP contribution in [0.5, 0.6) is 0 Å². The first kappa shape index (κ1) is 27.4. The van der Waals surface area contributed by atoms with Crippen LogP contribution in [0.3, 0.4) is 0 Å². The van der Waals surface area contributed by atoms with Crippen molar-refractivity contribution < 1.29 is 26.5 Å². The van der Waals surface area contributed by atoms with E-state index in [9.17, 15) is 17.6 Å². The number of carbonyl (C=O) groups is 1. The number of aromatic nitrogens is 1. The first-order chi connectivity index (χ1) is 16.8. The van der Waals surface area contributed by atoms with Crippen LogP contribution in [0.1, 0.15) is 56.3 Å². The lowest BCUT2D eigenvalue weighted by Gasteiger charge is -2.37. The zero-order chi connectivity index (χ0) is 26.5. The van der Waals surface area contributed by atoms with Gasteiger partial charge in [0.15, 0.2) is 0 Å². The average molecular weight is 519 g/mol. The quantitative estimate of drug-likeness (QED) is 0.545. The molecule has 1 atom stereocenters. The Bertz CT molecular complexity index is 1210. The highest BCUT2D eigenvalue weighted by molar-refractivity contribution is 7.85. The van der Waals surface area contributed by atoms with Crippen LogP contribution in [0.2, 0.25) is 0 Å². The number of hydrogen-bond donors (Lipinski definition) is 1. The predicted octanol–water partition coefficient (Wildman–Crippen LogP) is 4.05. The Hall–Kier alpha value is -3.23. The number of nitrogens with one attached hydrogen (secondary N) is 1. The van der Waals surface area contributed by atoms with Crippen LogP contribution in [0.15, 0.2) is 36.5 Å². The second-order valence-corrected chi connectivity index (χ2v) is 11.4. The van der Waals surface area contributed by atoms with E-state index in [1.165, 1.54) is 18.3 Å². The summed E-state index contributed by atoms with van der Waals surface area (Å²) in [6.07, 6.45) is 3.23. The molecule has 1 fully saturated rings. The number of rotatable bonds is 7. The summed E-state index contributed by atoms with van der Waals surface area (Å²) >= 11 is 0. The zero-order valence-corrected chi connectivity index (χ0v) is 21.6. The Morgan fingerprint density at radius 1 is 1.28 bits per heavy atom. The van der Waals surface area contributed by atoms with Crippen molar-refractivity contribution in [2.75, 3.05) is 24.2 Å². The number of amides is 1. The summed E-state index contributed by atoms with van der Waals surface area (Å²) in [5, 5.41) is 11.9. The average Bonchev–Trinajstić information content (AvgIpc) is 2.80. The summed E-state index contributed by atoms with van der Waals surface area (Å²) in [4.78, 5) is 19.1. The molecule has 0 bridgehead atoms. The molecule has 2 heterocycles. The van der Waals surface area contributed by atoms with Gasteiger partial charge in [0, 0.05) is 24.8 Å². The van der Waals surface area contributed by atoms with Crippen LogP contribution in [0.25, 0.3) is 0 Å². The summed E-state index contributed by atoms with van der Waals surface area (Å²) in [6.45, 7) is 6.21. The molecule has 2 aromatic rings. The third-order valence-corrected chi connectivity index (χ3v) is 6.29. The zero-order valence-electron chi connectivity index (χ0n) is 20.8.